The molecule has 1 aliphatic heterocycles. The van der Waals surface area contributed by atoms with Gasteiger partial charge in [-0.25, -0.2) is 13.1 Å². The first-order valence-corrected chi connectivity index (χ1v) is 6.26. The third-order valence-electron chi connectivity index (χ3n) is 2.28. The van der Waals surface area contributed by atoms with E-state index in [4.69, 9.17) is 5.26 Å². The molecule has 1 fully saturated rings. The van der Waals surface area contributed by atoms with Crippen molar-refractivity contribution in [2.24, 2.45) is 0 Å². The van der Waals surface area contributed by atoms with E-state index in [2.05, 4.69) is 10.0 Å². The van der Waals surface area contributed by atoms with Gasteiger partial charge in [0.1, 0.15) is 0 Å². The fourth-order valence-corrected chi connectivity index (χ4v) is 2.86. The van der Waals surface area contributed by atoms with Crippen molar-refractivity contribution in [3.8, 4) is 6.07 Å². The molecular formula is C8H15N3O2S. The van der Waals surface area contributed by atoms with E-state index in [0.717, 1.165) is 13.0 Å². The molecule has 1 saturated heterocycles. The Morgan fingerprint density at radius 1 is 1.71 bits per heavy atom. The third kappa shape index (κ3) is 2.67. The van der Waals surface area contributed by atoms with Crippen molar-refractivity contribution in [3.63, 3.8) is 0 Å². The van der Waals surface area contributed by atoms with Crippen LogP contribution in [0.25, 0.3) is 0 Å². The number of hydrogen-bond acceptors (Lipinski definition) is 4. The van der Waals surface area contributed by atoms with E-state index in [-0.39, 0.29) is 6.04 Å². The van der Waals surface area contributed by atoms with E-state index in [0.29, 0.717) is 13.0 Å². The van der Waals surface area contributed by atoms with Gasteiger partial charge in [-0.3, -0.25) is 0 Å². The second-order valence-corrected chi connectivity index (χ2v) is 5.27. The highest BCUT2D eigenvalue weighted by atomic mass is 32.2. The van der Waals surface area contributed by atoms with Crippen molar-refractivity contribution in [2.75, 3.05) is 13.1 Å². The number of nitrogens with zero attached hydrogens (tertiary/aromatic N) is 1. The Hall–Kier alpha value is -0.640. The molecule has 1 unspecified atom stereocenters. The molecule has 0 radical (unpaired) electrons. The summed E-state index contributed by atoms with van der Waals surface area (Å²) < 4.78 is 25.7. The molecule has 14 heavy (non-hydrogen) atoms. The topological polar surface area (TPSA) is 82.0 Å². The molecule has 0 spiro atoms. The van der Waals surface area contributed by atoms with Gasteiger partial charge in [0.15, 0.2) is 5.25 Å². The largest absolute Gasteiger partial charge is 0.315 e. The Labute approximate surface area is 84.5 Å². The molecular weight excluding hydrogens is 202 g/mol. The fourth-order valence-electron chi connectivity index (χ4n) is 1.45. The number of rotatable bonds is 4. The summed E-state index contributed by atoms with van der Waals surface area (Å²) in [5, 5.41) is 10.8. The van der Waals surface area contributed by atoms with Crippen LogP contribution < -0.4 is 10.0 Å². The van der Waals surface area contributed by atoms with Gasteiger partial charge >= 0.3 is 0 Å². The Morgan fingerprint density at radius 3 is 2.86 bits per heavy atom. The normalized spacial score (nSPS) is 24.4. The molecule has 80 valence electrons. The fraction of sp³-hybridized carbons (Fsp3) is 0.875. The maximum Gasteiger partial charge on any atom is 0.228 e. The second kappa shape index (κ2) is 4.73. The highest BCUT2D eigenvalue weighted by Gasteiger charge is 2.27. The first kappa shape index (κ1) is 11.4. The van der Waals surface area contributed by atoms with E-state index in [1.807, 2.05) is 0 Å². The minimum atomic E-state index is -3.46. The molecule has 2 atom stereocenters. The van der Waals surface area contributed by atoms with Gasteiger partial charge in [0.05, 0.1) is 6.07 Å². The van der Waals surface area contributed by atoms with Gasteiger partial charge in [-0.15, -0.1) is 0 Å². The van der Waals surface area contributed by atoms with Gasteiger partial charge in [0, 0.05) is 12.6 Å². The monoisotopic (exact) mass is 217 g/mol. The predicted molar refractivity (Wildman–Crippen MR) is 53.0 cm³/mol. The number of nitrogens with one attached hydrogen (secondary N) is 2. The summed E-state index contributed by atoms with van der Waals surface area (Å²) in [7, 11) is -3.46. The Bertz CT molecular complexity index is 314. The summed E-state index contributed by atoms with van der Waals surface area (Å²) in [5.74, 6) is 0. The zero-order chi connectivity index (χ0) is 10.6. The van der Waals surface area contributed by atoms with E-state index >= 15 is 0 Å². The lowest BCUT2D eigenvalue weighted by atomic mass is 10.3. The van der Waals surface area contributed by atoms with Gasteiger partial charge in [0.2, 0.25) is 10.0 Å². The zero-order valence-corrected chi connectivity index (χ0v) is 8.97. The van der Waals surface area contributed by atoms with Crippen LogP contribution in [0.4, 0.5) is 0 Å². The summed E-state index contributed by atoms with van der Waals surface area (Å²) in [4.78, 5) is 0. The summed E-state index contributed by atoms with van der Waals surface area (Å²) >= 11 is 0. The molecule has 0 aromatic heterocycles. The van der Waals surface area contributed by atoms with Crippen LogP contribution in [-0.4, -0.2) is 32.8 Å². The molecule has 1 rings (SSSR count). The van der Waals surface area contributed by atoms with Gasteiger partial charge in [-0.1, -0.05) is 6.92 Å². The molecule has 2 N–H and O–H groups in total. The van der Waals surface area contributed by atoms with Crippen molar-refractivity contribution in [1.82, 2.24) is 10.0 Å². The lowest BCUT2D eigenvalue weighted by Gasteiger charge is -2.14. The zero-order valence-electron chi connectivity index (χ0n) is 8.16. The first-order chi connectivity index (χ1) is 6.60. The second-order valence-electron chi connectivity index (χ2n) is 3.38. The number of sulfonamides is 1. The SMILES string of the molecule is CCC(C#N)S(=O)(=O)N[C@@H]1CCNC1. The molecule has 0 aliphatic carbocycles. The Balaban J connectivity index is 2.61. The van der Waals surface area contributed by atoms with Crippen LogP contribution in [-0.2, 0) is 10.0 Å². The summed E-state index contributed by atoms with van der Waals surface area (Å²) in [6, 6.07) is 1.74. The van der Waals surface area contributed by atoms with Crippen molar-refractivity contribution < 1.29 is 8.42 Å². The molecule has 1 heterocycles. The van der Waals surface area contributed by atoms with Crippen molar-refractivity contribution in [2.45, 2.75) is 31.1 Å². The van der Waals surface area contributed by atoms with Crippen LogP contribution in [0.15, 0.2) is 0 Å². The molecule has 0 amide bonds. The van der Waals surface area contributed by atoms with Gasteiger partial charge < -0.3 is 5.32 Å². The van der Waals surface area contributed by atoms with Crippen LogP contribution in [0.3, 0.4) is 0 Å². The van der Waals surface area contributed by atoms with Crippen LogP contribution in [0, 0.1) is 11.3 Å². The van der Waals surface area contributed by atoms with Crippen LogP contribution in [0.5, 0.6) is 0 Å². The Morgan fingerprint density at radius 2 is 2.43 bits per heavy atom. The number of hydrogen-bond donors (Lipinski definition) is 2. The van der Waals surface area contributed by atoms with Crippen LogP contribution >= 0.6 is 0 Å². The summed E-state index contributed by atoms with van der Waals surface area (Å²) in [6.07, 6.45) is 1.12. The smallest absolute Gasteiger partial charge is 0.228 e. The minimum absolute atomic E-state index is 0.0533. The molecule has 0 bridgehead atoms. The average Bonchev–Trinajstić information content (AvgIpc) is 2.57. The van der Waals surface area contributed by atoms with Crippen molar-refractivity contribution in [1.29, 1.82) is 5.26 Å². The highest BCUT2D eigenvalue weighted by molar-refractivity contribution is 7.90. The van der Waals surface area contributed by atoms with E-state index in [9.17, 15) is 8.42 Å². The van der Waals surface area contributed by atoms with E-state index in [1.165, 1.54) is 0 Å². The lowest BCUT2D eigenvalue weighted by Crippen LogP contribution is -2.41. The molecule has 0 aromatic rings. The third-order valence-corrected chi connectivity index (χ3v) is 4.13. The minimum Gasteiger partial charge on any atom is -0.315 e. The number of nitriles is 1. The highest BCUT2D eigenvalue weighted by Crippen LogP contribution is 2.06. The quantitative estimate of drug-likeness (QED) is 0.669. The van der Waals surface area contributed by atoms with Gasteiger partial charge in [0.25, 0.3) is 0 Å². The van der Waals surface area contributed by atoms with Gasteiger partial charge in [-0.05, 0) is 19.4 Å². The molecule has 5 nitrogen and oxygen atoms in total. The maximum absolute atomic E-state index is 11.6. The average molecular weight is 217 g/mol. The Kier molecular flexibility index (Phi) is 3.86. The molecule has 0 aromatic carbocycles. The van der Waals surface area contributed by atoms with Gasteiger partial charge in [-0.2, -0.15) is 5.26 Å². The van der Waals surface area contributed by atoms with E-state index < -0.39 is 15.3 Å². The summed E-state index contributed by atoms with van der Waals surface area (Å²) in [6.45, 7) is 3.18. The standard InChI is InChI=1S/C8H15N3O2S/c1-2-8(5-9)14(12,13)11-7-3-4-10-6-7/h7-8,10-11H,2-4,6H2,1H3/t7-,8?/m1/s1. The molecule has 0 saturated carbocycles. The predicted octanol–water partition coefficient (Wildman–Crippen LogP) is -0.430. The van der Waals surface area contributed by atoms with Crippen LogP contribution in [0.2, 0.25) is 0 Å². The maximum atomic E-state index is 11.6. The van der Waals surface area contributed by atoms with Crippen LogP contribution in [0.1, 0.15) is 19.8 Å². The molecule has 6 heteroatoms. The van der Waals surface area contributed by atoms with E-state index in [1.54, 1.807) is 13.0 Å². The first-order valence-electron chi connectivity index (χ1n) is 4.71. The van der Waals surface area contributed by atoms with Crippen molar-refractivity contribution >= 4 is 10.0 Å². The lowest BCUT2D eigenvalue weighted by molar-refractivity contribution is 0.552. The summed E-state index contributed by atoms with van der Waals surface area (Å²) in [5.41, 5.74) is 0. The molecule has 1 aliphatic rings. The van der Waals surface area contributed by atoms with Crippen molar-refractivity contribution in [3.05, 3.63) is 0 Å².